The molecular formula is C27H25BrN2O3. The van der Waals surface area contributed by atoms with Gasteiger partial charge in [0.25, 0.3) is 11.8 Å². The molecule has 1 saturated heterocycles. The summed E-state index contributed by atoms with van der Waals surface area (Å²) in [6.07, 6.45) is 9.47. The molecule has 5 nitrogen and oxygen atoms in total. The number of halogens is 1. The Morgan fingerprint density at radius 3 is 2.00 bits per heavy atom. The first kappa shape index (κ1) is 20.8. The molecule has 168 valence electrons. The topological polar surface area (TPSA) is 66.5 Å². The van der Waals surface area contributed by atoms with Crippen molar-refractivity contribution >= 4 is 45.5 Å². The van der Waals surface area contributed by atoms with Gasteiger partial charge in [-0.25, -0.2) is 9.69 Å². The van der Waals surface area contributed by atoms with Crippen molar-refractivity contribution in [2.24, 2.45) is 17.8 Å². The van der Waals surface area contributed by atoms with Crippen molar-refractivity contribution in [1.82, 2.24) is 5.32 Å². The van der Waals surface area contributed by atoms with Gasteiger partial charge in [-0.1, -0.05) is 40.2 Å². The van der Waals surface area contributed by atoms with Crippen molar-refractivity contribution in [3.8, 4) is 0 Å². The largest absolute Gasteiger partial charge is 0.335 e. The smallest absolute Gasteiger partial charge is 0.273 e. The zero-order valence-corrected chi connectivity index (χ0v) is 19.8. The van der Waals surface area contributed by atoms with Gasteiger partial charge in [-0.3, -0.25) is 14.9 Å². The van der Waals surface area contributed by atoms with Crippen molar-refractivity contribution in [3.63, 3.8) is 0 Å². The van der Waals surface area contributed by atoms with Crippen molar-refractivity contribution in [3.05, 3.63) is 69.7 Å². The van der Waals surface area contributed by atoms with Crippen LogP contribution in [-0.4, -0.2) is 17.8 Å². The van der Waals surface area contributed by atoms with Gasteiger partial charge in [0, 0.05) is 4.47 Å². The van der Waals surface area contributed by atoms with Crippen LogP contribution < -0.4 is 10.2 Å². The number of carbonyl (C=O) groups is 3. The number of hydrogen-bond acceptors (Lipinski definition) is 3. The van der Waals surface area contributed by atoms with Gasteiger partial charge in [0.1, 0.15) is 5.57 Å². The highest BCUT2D eigenvalue weighted by atomic mass is 79.9. The van der Waals surface area contributed by atoms with Crippen LogP contribution >= 0.6 is 15.9 Å². The Morgan fingerprint density at radius 1 is 0.848 bits per heavy atom. The molecule has 0 unspecified atom stereocenters. The summed E-state index contributed by atoms with van der Waals surface area (Å²) in [6, 6.07) is 14.5. The Labute approximate surface area is 201 Å². The van der Waals surface area contributed by atoms with Crippen LogP contribution in [0.15, 0.2) is 58.6 Å². The van der Waals surface area contributed by atoms with Crippen molar-refractivity contribution in [2.45, 2.75) is 43.9 Å². The second-order valence-corrected chi connectivity index (χ2v) is 11.2. The lowest BCUT2D eigenvalue weighted by molar-refractivity contribution is -0.122. The van der Waals surface area contributed by atoms with Gasteiger partial charge in [-0.05, 0) is 103 Å². The van der Waals surface area contributed by atoms with Crippen LogP contribution in [0.4, 0.5) is 10.5 Å². The quantitative estimate of drug-likeness (QED) is 0.437. The van der Waals surface area contributed by atoms with Gasteiger partial charge in [0.2, 0.25) is 0 Å². The third kappa shape index (κ3) is 3.55. The molecule has 5 aliphatic rings. The Bertz CT molecular complexity index is 1150. The predicted octanol–water partition coefficient (Wildman–Crippen LogP) is 5.58. The van der Waals surface area contributed by atoms with Gasteiger partial charge >= 0.3 is 6.03 Å². The third-order valence-corrected chi connectivity index (χ3v) is 8.59. The second kappa shape index (κ2) is 7.66. The summed E-state index contributed by atoms with van der Waals surface area (Å²) in [5.41, 5.74) is 2.73. The molecule has 2 aromatic rings. The van der Waals surface area contributed by atoms with E-state index in [0.717, 1.165) is 27.1 Å². The van der Waals surface area contributed by atoms with Gasteiger partial charge < -0.3 is 0 Å². The minimum atomic E-state index is -0.708. The number of urea groups is 1. The summed E-state index contributed by atoms with van der Waals surface area (Å²) in [5.74, 6) is 1.27. The Balaban J connectivity index is 1.29. The Kier molecular flexibility index (Phi) is 4.84. The first-order valence-electron chi connectivity index (χ1n) is 11.7. The van der Waals surface area contributed by atoms with Crippen molar-refractivity contribution in [1.29, 1.82) is 0 Å². The molecule has 4 bridgehead atoms. The number of nitrogens with one attached hydrogen (secondary N) is 1. The number of anilines is 1. The molecule has 0 radical (unpaired) electrons. The fourth-order valence-corrected chi connectivity index (χ4v) is 7.31. The molecule has 2 aromatic carbocycles. The van der Waals surface area contributed by atoms with Crippen LogP contribution in [0.5, 0.6) is 0 Å². The van der Waals surface area contributed by atoms with E-state index in [0.29, 0.717) is 11.3 Å². The Morgan fingerprint density at radius 2 is 1.42 bits per heavy atom. The summed E-state index contributed by atoms with van der Waals surface area (Å²) in [6.45, 7) is 0. The third-order valence-electron chi connectivity index (χ3n) is 8.06. The maximum Gasteiger partial charge on any atom is 0.335 e. The van der Waals surface area contributed by atoms with Crippen LogP contribution in [0.25, 0.3) is 6.08 Å². The molecule has 0 atom stereocenters. The molecule has 1 N–H and O–H groups in total. The highest BCUT2D eigenvalue weighted by Crippen LogP contribution is 2.60. The van der Waals surface area contributed by atoms with Gasteiger partial charge in [0.15, 0.2) is 0 Å². The fourth-order valence-electron chi connectivity index (χ4n) is 7.05. The van der Waals surface area contributed by atoms with Gasteiger partial charge in [0.05, 0.1) is 5.69 Å². The van der Waals surface area contributed by atoms with Crippen LogP contribution in [-0.2, 0) is 15.0 Å². The van der Waals surface area contributed by atoms with Gasteiger partial charge in [-0.15, -0.1) is 0 Å². The summed E-state index contributed by atoms with van der Waals surface area (Å²) >= 11 is 3.38. The Hall–Kier alpha value is -2.73. The molecule has 0 spiro atoms. The van der Waals surface area contributed by atoms with E-state index in [1.54, 1.807) is 12.1 Å². The van der Waals surface area contributed by atoms with E-state index in [9.17, 15) is 14.4 Å². The number of nitrogens with zero attached hydrogens (tertiary/aromatic N) is 1. The SMILES string of the molecule is O=C1NC(=O)N(c2ccc(C34CC5CC(CC(C5)C3)C4)cc2)C(=O)/C1=C/c1ccc(Br)cc1. The van der Waals surface area contributed by atoms with E-state index >= 15 is 0 Å². The maximum absolute atomic E-state index is 13.2. The zero-order chi connectivity index (χ0) is 22.7. The number of rotatable bonds is 3. The van der Waals surface area contributed by atoms with E-state index in [4.69, 9.17) is 0 Å². The van der Waals surface area contributed by atoms with Crippen molar-refractivity contribution in [2.75, 3.05) is 4.90 Å². The average Bonchev–Trinajstić information content (AvgIpc) is 2.77. The summed E-state index contributed by atoms with van der Waals surface area (Å²) in [4.78, 5) is 39.3. The minimum Gasteiger partial charge on any atom is -0.273 e. The van der Waals surface area contributed by atoms with E-state index in [2.05, 4.69) is 33.4 Å². The summed E-state index contributed by atoms with van der Waals surface area (Å²) < 4.78 is 0.903. The molecule has 0 aromatic heterocycles. The number of hydrogen-bond donors (Lipinski definition) is 1. The molecule has 33 heavy (non-hydrogen) atoms. The monoisotopic (exact) mass is 504 g/mol. The first-order valence-corrected chi connectivity index (χ1v) is 12.5. The predicted molar refractivity (Wildman–Crippen MR) is 129 cm³/mol. The number of imide groups is 2. The fraction of sp³-hybridized carbons (Fsp3) is 0.370. The molecule has 7 rings (SSSR count). The summed E-state index contributed by atoms with van der Waals surface area (Å²) in [7, 11) is 0. The number of amides is 4. The lowest BCUT2D eigenvalue weighted by atomic mass is 9.48. The average molecular weight is 505 g/mol. The maximum atomic E-state index is 13.2. The standard InChI is InChI=1S/C27H25BrN2O3/c28-21-5-1-16(2-6-21)12-23-24(31)29-26(33)30(25(23)32)22-7-3-20(4-8-22)27-13-17-9-18(14-27)11-19(10-17)15-27/h1-8,12,17-19H,9-11,13-15H2,(H,29,31,33)/b23-12+. The number of barbiturate groups is 1. The molecule has 5 fully saturated rings. The minimum absolute atomic E-state index is 0.0536. The molecule has 4 saturated carbocycles. The molecule has 1 aliphatic heterocycles. The van der Waals surface area contributed by atoms with Crippen molar-refractivity contribution < 1.29 is 14.4 Å². The number of carbonyl (C=O) groups excluding carboxylic acids is 3. The molecular weight excluding hydrogens is 480 g/mol. The zero-order valence-electron chi connectivity index (χ0n) is 18.2. The van der Waals surface area contributed by atoms with Crippen LogP contribution in [0.3, 0.4) is 0 Å². The molecule has 4 aliphatic carbocycles. The highest BCUT2D eigenvalue weighted by molar-refractivity contribution is 9.10. The molecule has 1 heterocycles. The normalized spacial score (nSPS) is 31.9. The lowest BCUT2D eigenvalue weighted by Gasteiger charge is -2.57. The first-order chi connectivity index (χ1) is 15.9. The van der Waals surface area contributed by atoms with Gasteiger partial charge in [-0.2, -0.15) is 0 Å². The highest BCUT2D eigenvalue weighted by Gasteiger charge is 2.51. The molecule has 6 heteroatoms. The van der Waals surface area contributed by atoms with E-state index in [1.807, 2.05) is 24.3 Å². The second-order valence-electron chi connectivity index (χ2n) is 10.3. The molecule has 4 amide bonds. The van der Waals surface area contributed by atoms with E-state index < -0.39 is 17.8 Å². The van der Waals surface area contributed by atoms with Crippen LogP contribution in [0, 0.1) is 17.8 Å². The lowest BCUT2D eigenvalue weighted by Crippen LogP contribution is -2.54. The van der Waals surface area contributed by atoms with Crippen LogP contribution in [0.2, 0.25) is 0 Å². The van der Waals surface area contributed by atoms with E-state index in [1.165, 1.54) is 50.2 Å². The van der Waals surface area contributed by atoms with E-state index in [-0.39, 0.29) is 11.0 Å². The summed E-state index contributed by atoms with van der Waals surface area (Å²) in [5, 5.41) is 2.31. The van der Waals surface area contributed by atoms with Crippen LogP contribution in [0.1, 0.15) is 49.7 Å². The number of benzene rings is 2.